The monoisotopic (exact) mass is 933 g/mol. The summed E-state index contributed by atoms with van der Waals surface area (Å²) < 4.78 is 296. The first kappa shape index (κ1) is 46.2. The van der Waals surface area contributed by atoms with E-state index in [1.54, 1.807) is 0 Å². The van der Waals surface area contributed by atoms with Gasteiger partial charge in [0.1, 0.15) is 52.7 Å². The maximum absolute atomic E-state index is 15.4. The van der Waals surface area contributed by atoms with E-state index in [2.05, 4.69) is 47.0 Å². The second-order valence-electron chi connectivity index (χ2n) is 13.1. The Hall–Kier alpha value is -6.32. The molecule has 0 aliphatic carbocycles. The van der Waals surface area contributed by atoms with Gasteiger partial charge in [0, 0.05) is 23.1 Å². The van der Waals surface area contributed by atoms with E-state index in [-0.39, 0.29) is 0 Å². The lowest BCUT2D eigenvalue weighted by molar-refractivity contribution is -0.660. The Labute approximate surface area is 342 Å². The molecule has 1 heterocycles. The molecule has 63 heavy (non-hydrogen) atoms. The van der Waals surface area contributed by atoms with Crippen molar-refractivity contribution in [1.82, 2.24) is 0 Å². The maximum Gasteiger partial charge on any atom is 0.275 e. The molecule has 0 spiro atoms. The van der Waals surface area contributed by atoms with Crippen LogP contribution in [0.4, 0.5) is 87.8 Å². The molecule has 1 nitrogen and oxygen atoms in total. The number of nitrogens with zero attached hydrogens (tertiary/aromatic N) is 1. The lowest BCUT2D eigenvalue weighted by atomic mass is 9.12. The molecule has 0 unspecified atom stereocenters. The minimum Gasteiger partial charge on any atom is -0.207 e. The van der Waals surface area contributed by atoms with Gasteiger partial charge in [0.25, 0.3) is 5.15 Å². The molecular weight excluding hydrogens is 921 g/mol. The van der Waals surface area contributed by atoms with Gasteiger partial charge in [-0.2, -0.15) is 4.57 Å². The summed E-state index contributed by atoms with van der Waals surface area (Å²) in [5.74, 6) is -71.4. The zero-order chi connectivity index (χ0) is 46.7. The SMILES string of the molecule is Clc1ccc2ccccc2[n+]1Cc1ccccc1.Fc1c(F)c(F)c([B-](c2c(F)c(F)c(F)c(F)c2F)(c2c(F)c(F)c(F)c(F)c2F)c2c(F)c(F)c(F)c(F)c2F)c(F)c1F. The van der Waals surface area contributed by atoms with Crippen LogP contribution < -0.4 is 26.4 Å². The molecule has 0 aliphatic rings. The highest BCUT2D eigenvalue weighted by molar-refractivity contribution is 7.20. The van der Waals surface area contributed by atoms with Gasteiger partial charge in [-0.3, -0.25) is 0 Å². The Morgan fingerprint density at radius 2 is 0.587 bits per heavy atom. The van der Waals surface area contributed by atoms with Gasteiger partial charge in [0.15, 0.2) is 76.4 Å². The third-order valence-electron chi connectivity index (χ3n) is 9.78. The van der Waals surface area contributed by atoms with Gasteiger partial charge >= 0.3 is 0 Å². The average Bonchev–Trinajstić information content (AvgIpc) is 3.27. The van der Waals surface area contributed by atoms with Crippen LogP contribution in [-0.2, 0) is 6.54 Å². The quantitative estimate of drug-likeness (QED) is 0.0391. The van der Waals surface area contributed by atoms with Crippen LogP contribution in [0.15, 0.2) is 66.7 Å². The van der Waals surface area contributed by atoms with Crippen molar-refractivity contribution in [1.29, 1.82) is 0 Å². The summed E-state index contributed by atoms with van der Waals surface area (Å²) in [6, 6.07) is 22.7. The first-order valence-corrected chi connectivity index (χ1v) is 17.3. The van der Waals surface area contributed by atoms with Crippen LogP contribution in [0.2, 0.25) is 5.15 Å². The number of pyridine rings is 1. The van der Waals surface area contributed by atoms with Gasteiger partial charge < -0.3 is 0 Å². The third-order valence-corrected chi connectivity index (χ3v) is 10.1. The van der Waals surface area contributed by atoms with Crippen LogP contribution in [0.1, 0.15) is 5.56 Å². The summed E-state index contributed by atoms with van der Waals surface area (Å²) in [5, 5.41) is 1.97. The van der Waals surface area contributed by atoms with E-state index in [0.717, 1.165) is 17.2 Å². The van der Waals surface area contributed by atoms with Gasteiger partial charge in [0.2, 0.25) is 5.52 Å². The molecule has 6 aromatic carbocycles. The van der Waals surface area contributed by atoms with Crippen molar-refractivity contribution >= 4 is 50.5 Å². The second-order valence-corrected chi connectivity index (χ2v) is 13.5. The van der Waals surface area contributed by atoms with E-state index in [1.165, 1.54) is 10.9 Å². The standard InChI is InChI=1S/C24BF20.C16H13ClN/c26-5-1(6(27)14(35)21(42)13(5)34)25(2-7(28)15(36)22(43)16(37)8(2)29,3-9(30)17(38)23(44)18(39)10(3)31)4-11(32)19(40)24(45)20(41)12(4)33;17-16-11-10-14-8-4-5-9-15(14)18(16)12-13-6-2-1-3-7-13/h;1-11H,12H2/q-1;+1. The zero-order valence-electron chi connectivity index (χ0n) is 30.0. The van der Waals surface area contributed by atoms with Gasteiger partial charge in [0.05, 0.1) is 0 Å². The summed E-state index contributed by atoms with van der Waals surface area (Å²) in [7, 11) is 0. The van der Waals surface area contributed by atoms with Gasteiger partial charge in [-0.25, -0.2) is 87.8 Å². The van der Waals surface area contributed by atoms with Crippen LogP contribution >= 0.6 is 11.6 Å². The molecular formula is C40H13BClF20N. The number of hydrogen-bond donors (Lipinski definition) is 0. The summed E-state index contributed by atoms with van der Waals surface area (Å²) in [4.78, 5) is 0. The number of hydrogen-bond acceptors (Lipinski definition) is 0. The van der Waals surface area contributed by atoms with Crippen LogP contribution in [-0.4, -0.2) is 6.15 Å². The van der Waals surface area contributed by atoms with Crippen molar-refractivity contribution in [3.63, 3.8) is 0 Å². The summed E-state index contributed by atoms with van der Waals surface area (Å²) in [6.45, 7) is 0.793. The lowest BCUT2D eigenvalue weighted by Gasteiger charge is -2.44. The number of fused-ring (bicyclic) bond motifs is 1. The molecule has 0 N–H and O–H groups in total. The van der Waals surface area contributed by atoms with Crippen molar-refractivity contribution in [3.8, 4) is 0 Å². The minimum absolute atomic E-state index is 0.762. The van der Waals surface area contributed by atoms with Crippen LogP contribution in [0.25, 0.3) is 10.9 Å². The number of rotatable bonds is 6. The summed E-state index contributed by atoms with van der Waals surface area (Å²) in [5.41, 5.74) is -11.9. The van der Waals surface area contributed by atoms with Crippen molar-refractivity contribution < 1.29 is 92.4 Å². The Morgan fingerprint density at radius 1 is 0.317 bits per heavy atom. The van der Waals surface area contributed by atoms with E-state index in [9.17, 15) is 52.7 Å². The normalized spacial score (nSPS) is 11.6. The van der Waals surface area contributed by atoms with Crippen LogP contribution in [0.5, 0.6) is 0 Å². The molecule has 0 saturated heterocycles. The summed E-state index contributed by atoms with van der Waals surface area (Å²) >= 11 is 6.32. The number of aromatic nitrogens is 1. The van der Waals surface area contributed by atoms with E-state index in [4.69, 9.17) is 11.6 Å². The lowest BCUT2D eigenvalue weighted by Crippen LogP contribution is -2.81. The molecule has 7 aromatic rings. The smallest absolute Gasteiger partial charge is 0.207 e. The van der Waals surface area contributed by atoms with Crippen molar-refractivity contribution in [2.24, 2.45) is 0 Å². The molecule has 23 heteroatoms. The van der Waals surface area contributed by atoms with E-state index < -0.39 is 144 Å². The highest BCUT2D eigenvalue weighted by Gasteiger charge is 2.52. The Kier molecular flexibility index (Phi) is 12.5. The number of benzene rings is 6. The first-order valence-electron chi connectivity index (χ1n) is 16.9. The molecule has 0 bridgehead atoms. The molecule has 1 aromatic heterocycles. The topological polar surface area (TPSA) is 3.88 Å². The first-order chi connectivity index (χ1) is 29.5. The third kappa shape index (κ3) is 7.16. The average molecular weight is 934 g/mol. The highest BCUT2D eigenvalue weighted by Crippen LogP contribution is 2.31. The predicted octanol–water partition coefficient (Wildman–Crippen LogP) is 9.67. The largest absolute Gasteiger partial charge is 0.275 e. The highest BCUT2D eigenvalue weighted by atomic mass is 35.5. The van der Waals surface area contributed by atoms with E-state index in [1.807, 2.05) is 24.3 Å². The van der Waals surface area contributed by atoms with Crippen LogP contribution in [0, 0.1) is 116 Å². The van der Waals surface area contributed by atoms with Crippen LogP contribution in [0.3, 0.4) is 0 Å². The molecule has 0 atom stereocenters. The second kappa shape index (κ2) is 17.1. The molecule has 7 rings (SSSR count). The van der Waals surface area contributed by atoms with Crippen molar-refractivity contribution in [3.05, 3.63) is 194 Å². The molecule has 0 radical (unpaired) electrons. The molecule has 328 valence electrons. The van der Waals surface area contributed by atoms with Gasteiger partial charge in [-0.15, -0.1) is 21.9 Å². The molecule has 0 amide bonds. The van der Waals surface area contributed by atoms with Gasteiger partial charge in [-0.1, -0.05) is 42.5 Å². The molecule has 0 fully saturated rings. The van der Waals surface area contributed by atoms with E-state index >= 15 is 35.1 Å². The number of halogens is 21. The fourth-order valence-electron chi connectivity index (χ4n) is 7.04. The minimum atomic E-state index is -7.22. The zero-order valence-corrected chi connectivity index (χ0v) is 30.8. The fourth-order valence-corrected chi connectivity index (χ4v) is 7.25. The number of para-hydroxylation sites is 1. The Balaban J connectivity index is 0.000000302. The fraction of sp³-hybridized carbons (Fsp3) is 0.0250. The van der Waals surface area contributed by atoms with Crippen molar-refractivity contribution in [2.45, 2.75) is 6.54 Å². The Morgan fingerprint density at radius 3 is 0.905 bits per heavy atom. The Bertz CT molecular complexity index is 2620. The molecule has 0 aliphatic heterocycles. The van der Waals surface area contributed by atoms with Crippen molar-refractivity contribution in [2.75, 3.05) is 0 Å². The summed E-state index contributed by atoms with van der Waals surface area (Å²) in [6.07, 6.45) is -7.22. The van der Waals surface area contributed by atoms with Gasteiger partial charge in [-0.05, 0) is 23.7 Å². The molecule has 0 saturated carbocycles. The van der Waals surface area contributed by atoms with E-state index in [0.29, 0.717) is 0 Å². The predicted molar refractivity (Wildman–Crippen MR) is 184 cm³/mol. The maximum atomic E-state index is 15.4.